The number of fused-ring (bicyclic) bond motifs is 2. The Morgan fingerprint density at radius 1 is 1.50 bits per heavy atom. The van der Waals surface area contributed by atoms with Crippen LogP contribution in [0.3, 0.4) is 0 Å². The fourth-order valence-electron chi connectivity index (χ4n) is 3.05. The van der Waals surface area contributed by atoms with Crippen LogP contribution < -0.4 is 0 Å². The third-order valence-electron chi connectivity index (χ3n) is 3.86. The van der Waals surface area contributed by atoms with Gasteiger partial charge in [-0.05, 0) is 31.1 Å². The molecular formula is C13H21NO2. The van der Waals surface area contributed by atoms with Gasteiger partial charge in [-0.1, -0.05) is 20.8 Å². The molecule has 0 spiro atoms. The van der Waals surface area contributed by atoms with E-state index in [0.29, 0.717) is 12.8 Å². The van der Waals surface area contributed by atoms with E-state index < -0.39 is 11.5 Å². The topological polar surface area (TPSA) is 53.2 Å². The smallest absolute Gasteiger partial charge is 0.112 e. The first-order valence-corrected chi connectivity index (χ1v) is 6.12. The first-order chi connectivity index (χ1) is 7.37. The van der Waals surface area contributed by atoms with E-state index >= 15 is 0 Å². The van der Waals surface area contributed by atoms with Crippen LogP contribution in [0.5, 0.6) is 0 Å². The van der Waals surface area contributed by atoms with E-state index in [0.717, 1.165) is 12.8 Å². The Balaban J connectivity index is 2.14. The van der Waals surface area contributed by atoms with E-state index in [1.807, 2.05) is 0 Å². The minimum absolute atomic E-state index is 0.0418. The van der Waals surface area contributed by atoms with Crippen LogP contribution >= 0.6 is 0 Å². The predicted molar refractivity (Wildman–Crippen MR) is 60.6 cm³/mol. The second kappa shape index (κ2) is 3.72. The maximum atomic E-state index is 10.4. The molecule has 2 saturated heterocycles. The first kappa shape index (κ1) is 11.9. The zero-order chi connectivity index (χ0) is 12.0. The number of nitrogens with zero attached hydrogens (tertiary/aromatic N) is 1. The predicted octanol–water partition coefficient (Wildman–Crippen LogP) is 2.24. The molecular weight excluding hydrogens is 202 g/mol. The Labute approximate surface area is 97.4 Å². The largest absolute Gasteiger partial charge is 0.391 e. The SMILES string of the molecule is CC(C)(C)CC(O)C1(C#N)CC2CCC1O2. The Kier molecular flexibility index (Phi) is 2.76. The van der Waals surface area contributed by atoms with E-state index in [2.05, 4.69) is 26.8 Å². The molecule has 3 nitrogen and oxygen atoms in total. The van der Waals surface area contributed by atoms with E-state index in [4.69, 9.17) is 4.74 Å². The van der Waals surface area contributed by atoms with Crippen LogP contribution in [0.1, 0.15) is 46.5 Å². The summed E-state index contributed by atoms with van der Waals surface area (Å²) in [6, 6.07) is 2.36. The zero-order valence-corrected chi connectivity index (χ0v) is 10.4. The summed E-state index contributed by atoms with van der Waals surface area (Å²) in [5.74, 6) is 0. The highest BCUT2D eigenvalue weighted by Crippen LogP contribution is 2.51. The summed E-state index contributed by atoms with van der Waals surface area (Å²) in [6.07, 6.45) is 2.96. The van der Waals surface area contributed by atoms with Gasteiger partial charge in [0.1, 0.15) is 5.41 Å². The molecule has 0 aromatic heterocycles. The van der Waals surface area contributed by atoms with Gasteiger partial charge >= 0.3 is 0 Å². The first-order valence-electron chi connectivity index (χ1n) is 6.12. The molecule has 2 fully saturated rings. The maximum absolute atomic E-state index is 10.4. The van der Waals surface area contributed by atoms with Crippen molar-refractivity contribution in [3.05, 3.63) is 0 Å². The molecule has 0 saturated carbocycles. The van der Waals surface area contributed by atoms with Crippen LogP contribution in [0, 0.1) is 22.2 Å². The second-order valence-corrected chi connectivity index (χ2v) is 6.46. The highest BCUT2D eigenvalue weighted by Gasteiger charge is 2.57. The van der Waals surface area contributed by atoms with Crippen LogP contribution in [-0.4, -0.2) is 23.4 Å². The summed E-state index contributed by atoms with van der Waals surface area (Å²) < 4.78 is 5.73. The lowest BCUT2D eigenvalue weighted by Crippen LogP contribution is -2.43. The van der Waals surface area contributed by atoms with Gasteiger partial charge in [0.05, 0.1) is 24.4 Å². The van der Waals surface area contributed by atoms with Crippen molar-refractivity contribution in [2.75, 3.05) is 0 Å². The number of hydrogen-bond donors (Lipinski definition) is 1. The Morgan fingerprint density at radius 2 is 2.19 bits per heavy atom. The Morgan fingerprint density at radius 3 is 2.56 bits per heavy atom. The standard InChI is InChI=1S/C13H21NO2/c1-12(2,3)7-10(15)13(8-14)6-9-4-5-11(13)16-9/h9-11,15H,4-7H2,1-3H3. The fourth-order valence-corrected chi connectivity index (χ4v) is 3.05. The molecule has 2 bridgehead atoms. The quantitative estimate of drug-likeness (QED) is 0.781. The molecule has 2 rings (SSSR count). The van der Waals surface area contributed by atoms with Crippen molar-refractivity contribution in [3.8, 4) is 6.07 Å². The number of nitriles is 1. The molecule has 4 atom stereocenters. The minimum Gasteiger partial charge on any atom is -0.391 e. The van der Waals surface area contributed by atoms with Crippen molar-refractivity contribution in [1.29, 1.82) is 5.26 Å². The average Bonchev–Trinajstić information content (AvgIpc) is 2.74. The van der Waals surface area contributed by atoms with E-state index in [9.17, 15) is 10.4 Å². The average molecular weight is 223 g/mol. The molecule has 16 heavy (non-hydrogen) atoms. The monoisotopic (exact) mass is 223 g/mol. The number of hydrogen-bond acceptors (Lipinski definition) is 3. The number of ether oxygens (including phenoxy) is 1. The Hall–Kier alpha value is -0.590. The lowest BCUT2D eigenvalue weighted by atomic mass is 9.67. The number of aliphatic hydroxyl groups excluding tert-OH is 1. The highest BCUT2D eigenvalue weighted by molar-refractivity contribution is 5.15. The van der Waals surface area contributed by atoms with Crippen molar-refractivity contribution in [2.24, 2.45) is 10.8 Å². The zero-order valence-electron chi connectivity index (χ0n) is 10.4. The van der Waals surface area contributed by atoms with Crippen LogP contribution in [0.2, 0.25) is 0 Å². The molecule has 0 aromatic rings. The molecule has 2 aliphatic heterocycles. The molecule has 4 unspecified atom stereocenters. The van der Waals surface area contributed by atoms with Crippen molar-refractivity contribution in [3.63, 3.8) is 0 Å². The van der Waals surface area contributed by atoms with Gasteiger partial charge < -0.3 is 9.84 Å². The molecule has 2 heterocycles. The summed E-state index contributed by atoms with van der Waals surface area (Å²) in [7, 11) is 0. The fraction of sp³-hybridized carbons (Fsp3) is 0.923. The van der Waals surface area contributed by atoms with Gasteiger partial charge in [-0.2, -0.15) is 5.26 Å². The lowest BCUT2D eigenvalue weighted by Gasteiger charge is -2.36. The minimum atomic E-state index is -0.643. The van der Waals surface area contributed by atoms with Crippen LogP contribution in [-0.2, 0) is 4.74 Å². The summed E-state index contributed by atoms with van der Waals surface area (Å²) in [6.45, 7) is 6.28. The summed E-state index contributed by atoms with van der Waals surface area (Å²) in [5.41, 5.74) is -0.596. The second-order valence-electron chi connectivity index (χ2n) is 6.46. The highest BCUT2D eigenvalue weighted by atomic mass is 16.5. The van der Waals surface area contributed by atoms with Crippen molar-refractivity contribution in [2.45, 2.75) is 64.8 Å². The molecule has 0 aliphatic carbocycles. The van der Waals surface area contributed by atoms with E-state index in [1.54, 1.807) is 0 Å². The normalized spacial score (nSPS) is 39.7. The van der Waals surface area contributed by atoms with Crippen LogP contribution in [0.4, 0.5) is 0 Å². The van der Waals surface area contributed by atoms with Crippen LogP contribution in [0.25, 0.3) is 0 Å². The van der Waals surface area contributed by atoms with Gasteiger partial charge in [0.2, 0.25) is 0 Å². The van der Waals surface area contributed by atoms with Gasteiger partial charge in [0, 0.05) is 0 Å². The third-order valence-corrected chi connectivity index (χ3v) is 3.86. The van der Waals surface area contributed by atoms with E-state index in [-0.39, 0.29) is 17.6 Å². The van der Waals surface area contributed by atoms with Gasteiger partial charge in [-0.15, -0.1) is 0 Å². The summed E-state index contributed by atoms with van der Waals surface area (Å²) >= 11 is 0. The molecule has 3 heteroatoms. The van der Waals surface area contributed by atoms with Crippen molar-refractivity contribution < 1.29 is 9.84 Å². The summed E-state index contributed by atoms with van der Waals surface area (Å²) in [5, 5.41) is 19.8. The Bertz CT molecular complexity index is 315. The number of aliphatic hydroxyl groups is 1. The molecule has 2 aliphatic rings. The van der Waals surface area contributed by atoms with Crippen molar-refractivity contribution >= 4 is 0 Å². The maximum Gasteiger partial charge on any atom is 0.112 e. The molecule has 1 N–H and O–H groups in total. The van der Waals surface area contributed by atoms with Gasteiger partial charge in [0.15, 0.2) is 0 Å². The molecule has 0 aromatic carbocycles. The molecule has 0 amide bonds. The van der Waals surface area contributed by atoms with E-state index in [1.165, 1.54) is 0 Å². The van der Waals surface area contributed by atoms with Gasteiger partial charge in [-0.25, -0.2) is 0 Å². The van der Waals surface area contributed by atoms with Crippen LogP contribution in [0.15, 0.2) is 0 Å². The van der Waals surface area contributed by atoms with Gasteiger partial charge in [0.25, 0.3) is 0 Å². The third kappa shape index (κ3) is 1.85. The number of rotatable bonds is 2. The van der Waals surface area contributed by atoms with Crippen molar-refractivity contribution in [1.82, 2.24) is 0 Å². The summed E-state index contributed by atoms with van der Waals surface area (Å²) in [4.78, 5) is 0. The lowest BCUT2D eigenvalue weighted by molar-refractivity contribution is -0.0149. The van der Waals surface area contributed by atoms with Gasteiger partial charge in [-0.3, -0.25) is 0 Å². The molecule has 0 radical (unpaired) electrons. The molecule has 90 valence electrons.